The lowest BCUT2D eigenvalue weighted by Crippen LogP contribution is -2.38. The highest BCUT2D eigenvalue weighted by Crippen LogP contribution is 2.18. The van der Waals surface area contributed by atoms with E-state index in [0.717, 1.165) is 18.8 Å². The zero-order valence-corrected chi connectivity index (χ0v) is 11.6. The monoisotopic (exact) mass is 287 g/mol. The summed E-state index contributed by atoms with van der Waals surface area (Å²) in [6, 6.07) is 7.18. The summed E-state index contributed by atoms with van der Waals surface area (Å²) in [6.45, 7) is 3.17. The third kappa shape index (κ3) is 3.22. The van der Waals surface area contributed by atoms with Crippen LogP contribution in [0.1, 0.15) is 16.1 Å². The third-order valence-electron chi connectivity index (χ3n) is 3.35. The van der Waals surface area contributed by atoms with Gasteiger partial charge in [0, 0.05) is 19.3 Å². The molecule has 1 fully saturated rings. The van der Waals surface area contributed by atoms with Crippen molar-refractivity contribution in [1.29, 1.82) is 0 Å². The molecule has 0 unspecified atom stereocenters. The molecule has 1 aliphatic heterocycles. The molecule has 0 radical (unpaired) electrons. The van der Waals surface area contributed by atoms with E-state index in [0.29, 0.717) is 31.1 Å². The molecule has 0 bridgehead atoms. The van der Waals surface area contributed by atoms with Crippen molar-refractivity contribution in [1.82, 2.24) is 10.3 Å². The van der Waals surface area contributed by atoms with Gasteiger partial charge in [0.2, 0.25) is 0 Å². The van der Waals surface area contributed by atoms with E-state index in [9.17, 15) is 4.79 Å². The molecular weight excluding hydrogens is 270 g/mol. The van der Waals surface area contributed by atoms with Crippen molar-refractivity contribution in [3.63, 3.8) is 0 Å². The van der Waals surface area contributed by atoms with Gasteiger partial charge in [-0.05, 0) is 24.3 Å². The maximum absolute atomic E-state index is 12.4. The van der Waals surface area contributed by atoms with Gasteiger partial charge in [0.05, 0.1) is 31.6 Å². The van der Waals surface area contributed by atoms with E-state index in [-0.39, 0.29) is 5.91 Å². The third-order valence-corrected chi connectivity index (χ3v) is 3.35. The molecule has 6 heteroatoms. The summed E-state index contributed by atoms with van der Waals surface area (Å²) < 4.78 is 10.5. The highest BCUT2D eigenvalue weighted by atomic mass is 16.5. The maximum Gasteiger partial charge on any atom is 0.255 e. The minimum Gasteiger partial charge on any atom is -0.467 e. The van der Waals surface area contributed by atoms with Crippen LogP contribution in [0.4, 0.5) is 5.82 Å². The number of carbonyl (C=O) groups excluding carboxylic acids is 1. The molecule has 0 saturated carbocycles. The standard InChI is InChI=1S/C15H17N3O3/c19-15(17-11-12-3-2-8-21-12)13-4-1-5-16-14(13)18-6-9-20-10-7-18/h1-5,8H,6-7,9-11H2,(H,17,19). The molecule has 3 heterocycles. The van der Waals surface area contributed by atoms with Crippen LogP contribution in [0, 0.1) is 0 Å². The first-order valence-electron chi connectivity index (χ1n) is 6.93. The Hall–Kier alpha value is -2.34. The second-order valence-corrected chi connectivity index (χ2v) is 4.74. The predicted octanol–water partition coefficient (Wildman–Crippen LogP) is 1.44. The Balaban J connectivity index is 1.73. The van der Waals surface area contributed by atoms with E-state index in [1.807, 2.05) is 6.07 Å². The summed E-state index contributed by atoms with van der Waals surface area (Å²) >= 11 is 0. The summed E-state index contributed by atoms with van der Waals surface area (Å²) in [5.74, 6) is 1.28. The topological polar surface area (TPSA) is 67.6 Å². The predicted molar refractivity (Wildman–Crippen MR) is 77.1 cm³/mol. The van der Waals surface area contributed by atoms with Gasteiger partial charge < -0.3 is 19.4 Å². The normalized spacial score (nSPS) is 15.0. The molecule has 0 aromatic carbocycles. The average Bonchev–Trinajstić information content (AvgIpc) is 3.07. The Morgan fingerprint density at radius 2 is 2.14 bits per heavy atom. The number of furan rings is 1. The summed E-state index contributed by atoms with van der Waals surface area (Å²) in [4.78, 5) is 18.8. The van der Waals surface area contributed by atoms with Crippen molar-refractivity contribution < 1.29 is 13.9 Å². The first-order chi connectivity index (χ1) is 10.3. The van der Waals surface area contributed by atoms with Gasteiger partial charge >= 0.3 is 0 Å². The van der Waals surface area contributed by atoms with Crippen molar-refractivity contribution in [3.05, 3.63) is 48.0 Å². The first-order valence-corrected chi connectivity index (χ1v) is 6.93. The van der Waals surface area contributed by atoms with Crippen LogP contribution in [-0.4, -0.2) is 37.2 Å². The lowest BCUT2D eigenvalue weighted by atomic mass is 10.2. The minimum absolute atomic E-state index is 0.152. The van der Waals surface area contributed by atoms with Gasteiger partial charge in [-0.25, -0.2) is 4.98 Å². The Labute approximate surface area is 122 Å². The summed E-state index contributed by atoms with van der Waals surface area (Å²) in [7, 11) is 0. The number of aromatic nitrogens is 1. The molecule has 3 rings (SSSR count). The second kappa shape index (κ2) is 6.41. The van der Waals surface area contributed by atoms with Gasteiger partial charge in [-0.15, -0.1) is 0 Å². The number of nitrogens with one attached hydrogen (secondary N) is 1. The van der Waals surface area contributed by atoms with Crippen LogP contribution in [0.5, 0.6) is 0 Å². The number of anilines is 1. The molecule has 1 N–H and O–H groups in total. The van der Waals surface area contributed by atoms with E-state index in [1.165, 1.54) is 0 Å². The number of nitrogens with zero attached hydrogens (tertiary/aromatic N) is 2. The zero-order valence-electron chi connectivity index (χ0n) is 11.6. The van der Waals surface area contributed by atoms with Crippen LogP contribution in [0.3, 0.4) is 0 Å². The number of pyridine rings is 1. The van der Waals surface area contributed by atoms with Crippen molar-refractivity contribution in [3.8, 4) is 0 Å². The zero-order chi connectivity index (χ0) is 14.5. The molecule has 2 aromatic rings. The fourth-order valence-corrected chi connectivity index (χ4v) is 2.28. The van der Waals surface area contributed by atoms with Gasteiger partial charge in [-0.2, -0.15) is 0 Å². The van der Waals surface area contributed by atoms with Crippen LogP contribution >= 0.6 is 0 Å². The van der Waals surface area contributed by atoms with Gasteiger partial charge in [0.15, 0.2) is 0 Å². The molecule has 0 atom stereocenters. The fraction of sp³-hybridized carbons (Fsp3) is 0.333. The number of ether oxygens (including phenoxy) is 1. The molecule has 1 amide bonds. The summed E-state index contributed by atoms with van der Waals surface area (Å²) in [5, 5.41) is 2.85. The minimum atomic E-state index is -0.152. The Morgan fingerprint density at radius 3 is 2.90 bits per heavy atom. The van der Waals surface area contributed by atoms with Gasteiger partial charge in [-0.1, -0.05) is 0 Å². The maximum atomic E-state index is 12.4. The van der Waals surface area contributed by atoms with Crippen LogP contribution < -0.4 is 10.2 Å². The van der Waals surface area contributed by atoms with Crippen molar-refractivity contribution in [2.75, 3.05) is 31.2 Å². The van der Waals surface area contributed by atoms with E-state index < -0.39 is 0 Å². The second-order valence-electron chi connectivity index (χ2n) is 4.74. The van der Waals surface area contributed by atoms with Crippen LogP contribution in [0.15, 0.2) is 41.1 Å². The highest BCUT2D eigenvalue weighted by molar-refractivity contribution is 5.98. The lowest BCUT2D eigenvalue weighted by molar-refractivity contribution is 0.0946. The number of carbonyl (C=O) groups is 1. The molecule has 6 nitrogen and oxygen atoms in total. The largest absolute Gasteiger partial charge is 0.467 e. The summed E-state index contributed by atoms with van der Waals surface area (Å²) in [5.41, 5.74) is 0.575. The van der Waals surface area contributed by atoms with Crippen molar-refractivity contribution in [2.24, 2.45) is 0 Å². The average molecular weight is 287 g/mol. The van der Waals surface area contributed by atoms with Crippen LogP contribution in [0.2, 0.25) is 0 Å². The van der Waals surface area contributed by atoms with E-state index in [1.54, 1.807) is 30.7 Å². The summed E-state index contributed by atoms with van der Waals surface area (Å²) in [6.07, 6.45) is 3.29. The Bertz CT molecular complexity index is 592. The number of rotatable bonds is 4. The Kier molecular flexibility index (Phi) is 4.16. The number of hydrogen-bond donors (Lipinski definition) is 1. The molecule has 0 aliphatic carbocycles. The Morgan fingerprint density at radius 1 is 1.29 bits per heavy atom. The molecule has 2 aromatic heterocycles. The van der Waals surface area contributed by atoms with Gasteiger partial charge in [-0.3, -0.25) is 4.79 Å². The molecule has 110 valence electrons. The van der Waals surface area contributed by atoms with Crippen LogP contribution in [0.25, 0.3) is 0 Å². The van der Waals surface area contributed by atoms with Crippen LogP contribution in [-0.2, 0) is 11.3 Å². The molecule has 1 saturated heterocycles. The van der Waals surface area contributed by atoms with Gasteiger partial charge in [0.25, 0.3) is 5.91 Å². The highest BCUT2D eigenvalue weighted by Gasteiger charge is 2.19. The molecule has 1 aliphatic rings. The number of morpholine rings is 1. The molecular formula is C15H17N3O3. The van der Waals surface area contributed by atoms with Gasteiger partial charge in [0.1, 0.15) is 11.6 Å². The van der Waals surface area contributed by atoms with E-state index in [2.05, 4.69) is 15.2 Å². The van der Waals surface area contributed by atoms with Crippen molar-refractivity contribution >= 4 is 11.7 Å². The molecule has 21 heavy (non-hydrogen) atoms. The smallest absolute Gasteiger partial charge is 0.255 e. The number of hydrogen-bond acceptors (Lipinski definition) is 5. The van der Waals surface area contributed by atoms with E-state index in [4.69, 9.17) is 9.15 Å². The SMILES string of the molecule is O=C(NCc1ccco1)c1cccnc1N1CCOCC1. The fourth-order valence-electron chi connectivity index (χ4n) is 2.28. The lowest BCUT2D eigenvalue weighted by Gasteiger charge is -2.29. The number of amides is 1. The molecule has 0 spiro atoms. The quantitative estimate of drug-likeness (QED) is 0.921. The van der Waals surface area contributed by atoms with Crippen molar-refractivity contribution in [2.45, 2.75) is 6.54 Å². The van der Waals surface area contributed by atoms with E-state index >= 15 is 0 Å². The first kappa shape index (κ1) is 13.6.